The highest BCUT2D eigenvalue weighted by Gasteiger charge is 2.34. The zero-order valence-electron chi connectivity index (χ0n) is 16.8. The Hall–Kier alpha value is -3.01. The van der Waals surface area contributed by atoms with Gasteiger partial charge in [0.25, 0.3) is 0 Å². The minimum Gasteiger partial charge on any atom is -0.494 e. The lowest BCUT2D eigenvalue weighted by atomic mass is 10.1. The van der Waals surface area contributed by atoms with Crippen LogP contribution in [0.5, 0.6) is 5.75 Å². The molecule has 4 rings (SSSR count). The fraction of sp³-hybridized carbons (Fsp3) is 0.333. The molecule has 0 aliphatic carbocycles. The zero-order valence-corrected chi connectivity index (χ0v) is 17.6. The Balaban J connectivity index is 1.40. The van der Waals surface area contributed by atoms with Crippen LogP contribution in [0.4, 0.5) is 28.8 Å². The molecule has 2 amide bonds. The number of carbonyl (C=O) groups is 1. The number of nitrogens with zero attached hydrogens (tertiary/aromatic N) is 3. The third kappa shape index (κ3) is 4.68. The maximum absolute atomic E-state index is 13.2. The van der Waals surface area contributed by atoms with Crippen LogP contribution in [0.1, 0.15) is 12.5 Å². The summed E-state index contributed by atoms with van der Waals surface area (Å²) in [6.07, 6.45) is -4.53. The van der Waals surface area contributed by atoms with Crippen LogP contribution in [-0.2, 0) is 6.18 Å². The molecule has 0 saturated carbocycles. The topological polar surface area (TPSA) is 57.7 Å². The Morgan fingerprint density at radius 1 is 1.16 bits per heavy atom. The number of carbonyl (C=O) groups excluding carboxylic acids is 1. The Labute approximate surface area is 181 Å². The van der Waals surface area contributed by atoms with Gasteiger partial charge in [-0.3, -0.25) is 0 Å². The van der Waals surface area contributed by atoms with Crippen LogP contribution < -0.4 is 15.0 Å². The molecule has 0 bridgehead atoms. The van der Waals surface area contributed by atoms with E-state index in [1.807, 2.05) is 25.1 Å². The molecule has 1 N–H and O–H groups in total. The second-order valence-corrected chi connectivity index (χ2v) is 8.02. The molecule has 31 heavy (non-hydrogen) atoms. The van der Waals surface area contributed by atoms with Crippen LogP contribution in [0.2, 0.25) is 0 Å². The molecule has 0 atom stereocenters. The van der Waals surface area contributed by atoms with Crippen LogP contribution in [0.25, 0.3) is 10.2 Å². The molecule has 164 valence electrons. The van der Waals surface area contributed by atoms with Gasteiger partial charge in [-0.1, -0.05) is 23.5 Å². The molecule has 0 unspecified atom stereocenters. The van der Waals surface area contributed by atoms with E-state index >= 15 is 0 Å². The summed E-state index contributed by atoms with van der Waals surface area (Å²) in [5.41, 5.74) is -0.214. The highest BCUT2D eigenvalue weighted by molar-refractivity contribution is 7.22. The first-order chi connectivity index (χ1) is 14.8. The number of halogens is 3. The summed E-state index contributed by atoms with van der Waals surface area (Å²) >= 11 is 1.55. The van der Waals surface area contributed by atoms with Gasteiger partial charge in [0.05, 0.1) is 28.1 Å². The Kier molecular flexibility index (Phi) is 5.90. The molecule has 2 heterocycles. The van der Waals surface area contributed by atoms with E-state index in [1.54, 1.807) is 11.3 Å². The zero-order chi connectivity index (χ0) is 22.0. The molecule has 6 nitrogen and oxygen atoms in total. The maximum Gasteiger partial charge on any atom is 0.418 e. The number of alkyl halides is 3. The predicted octanol–water partition coefficient (Wildman–Crippen LogP) is 5.07. The Morgan fingerprint density at radius 3 is 2.61 bits per heavy atom. The molecular formula is C21H21F3N4O2S. The average molecular weight is 450 g/mol. The number of hydrogen-bond donors (Lipinski definition) is 1. The molecule has 1 aliphatic heterocycles. The summed E-state index contributed by atoms with van der Waals surface area (Å²) in [5, 5.41) is 3.26. The Morgan fingerprint density at radius 2 is 1.90 bits per heavy atom. The molecule has 1 fully saturated rings. The number of anilines is 2. The van der Waals surface area contributed by atoms with Crippen molar-refractivity contribution in [2.45, 2.75) is 13.1 Å². The number of aromatic nitrogens is 1. The van der Waals surface area contributed by atoms with E-state index in [4.69, 9.17) is 4.74 Å². The smallest absolute Gasteiger partial charge is 0.418 e. The molecule has 0 spiro atoms. The second kappa shape index (κ2) is 8.62. The van der Waals surface area contributed by atoms with E-state index < -0.39 is 17.8 Å². The molecular weight excluding hydrogens is 429 g/mol. The summed E-state index contributed by atoms with van der Waals surface area (Å²) in [7, 11) is 0. The lowest BCUT2D eigenvalue weighted by Gasteiger charge is -2.34. The number of para-hydroxylation sites is 1. The van der Waals surface area contributed by atoms with Gasteiger partial charge in [-0.05, 0) is 37.3 Å². The summed E-state index contributed by atoms with van der Waals surface area (Å²) in [5.74, 6) is 0.797. The quantitative estimate of drug-likeness (QED) is 0.603. The lowest BCUT2D eigenvalue weighted by Crippen LogP contribution is -2.50. The highest BCUT2D eigenvalue weighted by atomic mass is 32.1. The average Bonchev–Trinajstić information content (AvgIpc) is 3.17. The predicted molar refractivity (Wildman–Crippen MR) is 115 cm³/mol. The minimum atomic E-state index is -4.53. The first-order valence-electron chi connectivity index (χ1n) is 9.85. The number of fused-ring (bicyclic) bond motifs is 1. The maximum atomic E-state index is 13.2. The van der Waals surface area contributed by atoms with Crippen LogP contribution >= 0.6 is 11.3 Å². The van der Waals surface area contributed by atoms with Crippen molar-refractivity contribution in [3.05, 3.63) is 48.0 Å². The number of amides is 2. The summed E-state index contributed by atoms with van der Waals surface area (Å²) in [6, 6.07) is 10.2. The van der Waals surface area contributed by atoms with E-state index in [9.17, 15) is 18.0 Å². The van der Waals surface area contributed by atoms with E-state index in [0.29, 0.717) is 32.8 Å². The summed E-state index contributed by atoms with van der Waals surface area (Å²) in [4.78, 5) is 20.8. The number of nitrogens with one attached hydrogen (secondary N) is 1. The van der Waals surface area contributed by atoms with Gasteiger partial charge in [0.1, 0.15) is 5.75 Å². The van der Waals surface area contributed by atoms with Gasteiger partial charge in [0, 0.05) is 26.2 Å². The fourth-order valence-corrected chi connectivity index (χ4v) is 4.46. The largest absolute Gasteiger partial charge is 0.494 e. The van der Waals surface area contributed by atoms with Crippen molar-refractivity contribution in [3.8, 4) is 5.75 Å². The molecule has 10 heteroatoms. The molecule has 1 aliphatic rings. The van der Waals surface area contributed by atoms with Crippen molar-refractivity contribution in [2.24, 2.45) is 0 Å². The van der Waals surface area contributed by atoms with E-state index in [2.05, 4.69) is 15.2 Å². The van der Waals surface area contributed by atoms with Gasteiger partial charge in [-0.2, -0.15) is 13.2 Å². The van der Waals surface area contributed by atoms with Crippen LogP contribution in [0.3, 0.4) is 0 Å². The summed E-state index contributed by atoms with van der Waals surface area (Å²) in [6.45, 7) is 4.40. The van der Waals surface area contributed by atoms with Crippen molar-refractivity contribution in [3.63, 3.8) is 0 Å². The number of benzene rings is 2. The monoisotopic (exact) mass is 450 g/mol. The molecule has 2 aromatic carbocycles. The third-order valence-corrected chi connectivity index (χ3v) is 6.05. The first-order valence-corrected chi connectivity index (χ1v) is 10.7. The van der Waals surface area contributed by atoms with Crippen LogP contribution in [0.15, 0.2) is 42.5 Å². The van der Waals surface area contributed by atoms with Gasteiger partial charge in [0.15, 0.2) is 5.13 Å². The number of ether oxygens (including phenoxy) is 1. The Bertz CT molecular complexity index is 1080. The van der Waals surface area contributed by atoms with Gasteiger partial charge in [0.2, 0.25) is 0 Å². The number of thiazole rings is 1. The van der Waals surface area contributed by atoms with E-state index in [0.717, 1.165) is 27.2 Å². The van der Waals surface area contributed by atoms with Crippen LogP contribution in [-0.4, -0.2) is 48.7 Å². The normalized spacial score (nSPS) is 14.7. The number of hydrogen-bond acceptors (Lipinski definition) is 5. The lowest BCUT2D eigenvalue weighted by molar-refractivity contribution is -0.136. The van der Waals surface area contributed by atoms with Crippen molar-refractivity contribution in [1.82, 2.24) is 9.88 Å². The van der Waals surface area contributed by atoms with Gasteiger partial charge in [-0.25, -0.2) is 9.78 Å². The van der Waals surface area contributed by atoms with Gasteiger partial charge < -0.3 is 19.9 Å². The molecule has 1 saturated heterocycles. The van der Waals surface area contributed by atoms with Crippen molar-refractivity contribution >= 4 is 38.4 Å². The molecule has 1 aromatic heterocycles. The van der Waals surface area contributed by atoms with Crippen molar-refractivity contribution in [1.29, 1.82) is 0 Å². The number of piperazine rings is 1. The molecule has 3 aromatic rings. The standard InChI is InChI=1S/C21H21F3N4O2S/c1-2-30-14-7-8-17-18(13-14)31-20(26-17)28-11-9-27(10-12-28)19(29)25-16-6-4-3-5-15(16)21(22,23)24/h3-8,13H,2,9-12H2,1H3,(H,25,29). The third-order valence-electron chi connectivity index (χ3n) is 4.97. The van der Waals surface area contributed by atoms with E-state index in [1.165, 1.54) is 23.1 Å². The van der Waals surface area contributed by atoms with Crippen molar-refractivity contribution in [2.75, 3.05) is 43.0 Å². The SMILES string of the molecule is CCOc1ccc2nc(N3CCN(C(=O)Nc4ccccc4C(F)(F)F)CC3)sc2c1. The molecule has 0 radical (unpaired) electrons. The summed E-state index contributed by atoms with van der Waals surface area (Å²) < 4.78 is 46.0. The second-order valence-electron chi connectivity index (χ2n) is 7.01. The van der Waals surface area contributed by atoms with E-state index in [-0.39, 0.29) is 5.69 Å². The van der Waals surface area contributed by atoms with Gasteiger partial charge in [-0.15, -0.1) is 0 Å². The van der Waals surface area contributed by atoms with Gasteiger partial charge >= 0.3 is 12.2 Å². The first kappa shape index (κ1) is 21.2. The number of urea groups is 1. The number of rotatable bonds is 4. The van der Waals surface area contributed by atoms with Crippen molar-refractivity contribution < 1.29 is 22.7 Å². The highest BCUT2D eigenvalue weighted by Crippen LogP contribution is 2.35. The van der Waals surface area contributed by atoms with Crippen LogP contribution in [0, 0.1) is 0 Å². The minimum absolute atomic E-state index is 0.237. The fourth-order valence-electron chi connectivity index (χ4n) is 3.42.